The van der Waals surface area contributed by atoms with E-state index in [9.17, 15) is 14.4 Å². The number of aliphatic imine (C=N–C) groups is 1. The second-order valence-corrected chi connectivity index (χ2v) is 8.02. The number of piperidine rings is 1. The maximum Gasteiger partial charge on any atom is 0.335 e. The first-order valence-corrected chi connectivity index (χ1v) is 10.6. The third-order valence-electron chi connectivity index (χ3n) is 5.81. The summed E-state index contributed by atoms with van der Waals surface area (Å²) in [5.74, 6) is -2.28. The molecule has 160 valence electrons. The number of para-hydroxylation sites is 1. The van der Waals surface area contributed by atoms with Crippen LogP contribution in [0.3, 0.4) is 0 Å². The molecule has 7 nitrogen and oxygen atoms in total. The van der Waals surface area contributed by atoms with Crippen molar-refractivity contribution >= 4 is 29.7 Å². The van der Waals surface area contributed by atoms with Crippen molar-refractivity contribution in [2.45, 2.75) is 32.4 Å². The van der Waals surface area contributed by atoms with Gasteiger partial charge in [0.2, 0.25) is 5.91 Å². The number of urea groups is 1. The summed E-state index contributed by atoms with van der Waals surface area (Å²) >= 11 is 0. The number of amides is 4. The van der Waals surface area contributed by atoms with E-state index < -0.39 is 23.8 Å². The van der Waals surface area contributed by atoms with Gasteiger partial charge in [-0.3, -0.25) is 24.8 Å². The number of hydrogen-bond donors (Lipinski definition) is 1. The van der Waals surface area contributed by atoms with Crippen LogP contribution in [0.2, 0.25) is 0 Å². The number of nitrogens with one attached hydrogen (secondary N) is 1. The molecule has 1 N–H and O–H groups in total. The summed E-state index contributed by atoms with van der Waals surface area (Å²) in [7, 11) is 0. The first-order chi connectivity index (χ1) is 15.0. The van der Waals surface area contributed by atoms with Crippen molar-refractivity contribution in [1.29, 1.82) is 0 Å². The lowest BCUT2D eigenvalue weighted by Crippen LogP contribution is -2.59. The molecule has 0 bridgehead atoms. The Morgan fingerprint density at radius 2 is 1.68 bits per heavy atom. The number of imide groups is 2. The van der Waals surface area contributed by atoms with E-state index in [0.29, 0.717) is 5.69 Å². The Labute approximate surface area is 181 Å². The quantitative estimate of drug-likeness (QED) is 0.598. The fourth-order valence-corrected chi connectivity index (χ4v) is 4.04. The monoisotopic (exact) mass is 418 g/mol. The summed E-state index contributed by atoms with van der Waals surface area (Å²) in [6, 6.07) is 16.8. The maximum absolute atomic E-state index is 13.0. The summed E-state index contributed by atoms with van der Waals surface area (Å²) in [5.41, 5.74) is 2.54. The third kappa shape index (κ3) is 4.72. The van der Waals surface area contributed by atoms with Crippen LogP contribution in [0.15, 0.2) is 59.6 Å². The van der Waals surface area contributed by atoms with Crippen molar-refractivity contribution in [2.24, 2.45) is 10.9 Å². The molecule has 2 aromatic rings. The Morgan fingerprint density at radius 1 is 1.00 bits per heavy atom. The smallest absolute Gasteiger partial charge is 0.299 e. The van der Waals surface area contributed by atoms with Crippen LogP contribution in [0.25, 0.3) is 0 Å². The van der Waals surface area contributed by atoms with Crippen molar-refractivity contribution in [2.75, 3.05) is 18.0 Å². The Balaban J connectivity index is 1.39. The van der Waals surface area contributed by atoms with Gasteiger partial charge in [-0.15, -0.1) is 0 Å². The van der Waals surface area contributed by atoms with Gasteiger partial charge in [-0.2, -0.15) is 0 Å². The predicted octanol–water partition coefficient (Wildman–Crippen LogP) is 2.93. The minimum Gasteiger partial charge on any atom is -0.299 e. The highest BCUT2D eigenvalue weighted by Crippen LogP contribution is 2.24. The van der Waals surface area contributed by atoms with Gasteiger partial charge in [-0.05, 0) is 37.0 Å². The van der Waals surface area contributed by atoms with E-state index in [1.54, 1.807) is 12.1 Å². The highest BCUT2D eigenvalue weighted by molar-refractivity contribution is 6.32. The van der Waals surface area contributed by atoms with E-state index in [1.165, 1.54) is 11.8 Å². The number of carbonyl (C=O) groups is 3. The molecule has 0 aliphatic carbocycles. The second-order valence-electron chi connectivity index (χ2n) is 8.02. The van der Waals surface area contributed by atoms with Crippen LogP contribution in [0, 0.1) is 12.8 Å². The van der Waals surface area contributed by atoms with Crippen molar-refractivity contribution in [3.05, 3.63) is 65.7 Å². The molecule has 31 heavy (non-hydrogen) atoms. The van der Waals surface area contributed by atoms with Gasteiger partial charge in [-0.1, -0.05) is 48.5 Å². The minimum atomic E-state index is -1.10. The SMILES string of the molecule is Cc1ccccc1N1C(=O)NC(=O)[C@@H](C=NC2CCN(Cc3ccccc3)CC2)C1=O. The van der Waals surface area contributed by atoms with Crippen molar-refractivity contribution in [3.63, 3.8) is 0 Å². The molecular weight excluding hydrogens is 392 g/mol. The van der Waals surface area contributed by atoms with Crippen molar-refractivity contribution in [1.82, 2.24) is 10.2 Å². The van der Waals surface area contributed by atoms with Gasteiger partial charge in [0, 0.05) is 25.8 Å². The Kier molecular flexibility index (Phi) is 6.23. The van der Waals surface area contributed by atoms with E-state index in [-0.39, 0.29) is 6.04 Å². The molecule has 0 saturated carbocycles. The number of benzene rings is 2. The van der Waals surface area contributed by atoms with Crippen LogP contribution in [-0.4, -0.2) is 48.1 Å². The van der Waals surface area contributed by atoms with E-state index in [1.807, 2.05) is 37.3 Å². The molecule has 2 fully saturated rings. The molecular formula is C24H26N4O3. The number of barbiturate groups is 1. The van der Waals surface area contributed by atoms with Crippen LogP contribution >= 0.6 is 0 Å². The fourth-order valence-electron chi connectivity index (χ4n) is 4.04. The molecule has 0 unspecified atom stereocenters. The first kappa shape index (κ1) is 20.9. The van der Waals surface area contributed by atoms with Gasteiger partial charge < -0.3 is 0 Å². The van der Waals surface area contributed by atoms with Gasteiger partial charge in [0.05, 0.1) is 11.7 Å². The van der Waals surface area contributed by atoms with E-state index in [2.05, 4.69) is 27.3 Å². The van der Waals surface area contributed by atoms with Crippen molar-refractivity contribution < 1.29 is 14.4 Å². The third-order valence-corrected chi connectivity index (χ3v) is 5.81. The number of rotatable bonds is 5. The molecule has 4 amide bonds. The summed E-state index contributed by atoms with van der Waals surface area (Å²) in [6.07, 6.45) is 3.16. The Bertz CT molecular complexity index is 997. The largest absolute Gasteiger partial charge is 0.335 e. The number of hydrogen-bond acceptors (Lipinski definition) is 5. The van der Waals surface area contributed by atoms with E-state index in [4.69, 9.17) is 0 Å². The lowest BCUT2D eigenvalue weighted by molar-refractivity contribution is -0.131. The molecule has 2 heterocycles. The minimum absolute atomic E-state index is 0.0668. The lowest BCUT2D eigenvalue weighted by atomic mass is 10.0. The van der Waals surface area contributed by atoms with Crippen LogP contribution in [0.1, 0.15) is 24.0 Å². The molecule has 4 rings (SSSR count). The number of likely N-dealkylation sites (tertiary alicyclic amines) is 1. The average molecular weight is 418 g/mol. The molecule has 2 saturated heterocycles. The molecule has 2 aromatic carbocycles. The van der Waals surface area contributed by atoms with Gasteiger partial charge in [-0.25, -0.2) is 9.69 Å². The highest BCUT2D eigenvalue weighted by Gasteiger charge is 2.41. The lowest BCUT2D eigenvalue weighted by Gasteiger charge is -2.31. The van der Waals surface area contributed by atoms with Gasteiger partial charge in [0.15, 0.2) is 5.92 Å². The zero-order valence-electron chi connectivity index (χ0n) is 17.5. The Morgan fingerprint density at radius 3 is 2.39 bits per heavy atom. The molecule has 0 spiro atoms. The second kappa shape index (κ2) is 9.22. The van der Waals surface area contributed by atoms with Gasteiger partial charge >= 0.3 is 6.03 Å². The van der Waals surface area contributed by atoms with Crippen LogP contribution in [0.5, 0.6) is 0 Å². The first-order valence-electron chi connectivity index (χ1n) is 10.6. The summed E-state index contributed by atoms with van der Waals surface area (Å²) < 4.78 is 0. The van der Waals surface area contributed by atoms with E-state index in [0.717, 1.165) is 42.9 Å². The normalized spacial score (nSPS) is 21.0. The Hall–Kier alpha value is -3.32. The van der Waals surface area contributed by atoms with Crippen molar-refractivity contribution in [3.8, 4) is 0 Å². The van der Waals surface area contributed by atoms with Crippen LogP contribution < -0.4 is 10.2 Å². The molecule has 2 aliphatic rings. The molecule has 1 atom stereocenters. The van der Waals surface area contributed by atoms with Crippen LogP contribution in [-0.2, 0) is 16.1 Å². The maximum atomic E-state index is 13.0. The number of nitrogens with zero attached hydrogens (tertiary/aromatic N) is 3. The summed E-state index contributed by atoms with van der Waals surface area (Å²) in [6.45, 7) is 4.55. The van der Waals surface area contributed by atoms with Gasteiger partial charge in [0.25, 0.3) is 5.91 Å². The number of anilines is 1. The fraction of sp³-hybridized carbons (Fsp3) is 0.333. The summed E-state index contributed by atoms with van der Waals surface area (Å²) in [4.78, 5) is 45.6. The summed E-state index contributed by atoms with van der Waals surface area (Å²) in [5, 5.41) is 2.29. The zero-order valence-corrected chi connectivity index (χ0v) is 17.5. The zero-order chi connectivity index (χ0) is 21.8. The molecule has 0 radical (unpaired) electrons. The standard InChI is InChI=1S/C24H26N4O3/c1-17-7-5-6-10-21(17)28-23(30)20(22(29)26-24(28)31)15-25-19-11-13-27(14-12-19)16-18-8-3-2-4-9-18/h2-10,15,19-20H,11-14,16H2,1H3,(H,26,29,31)/t20-/m1/s1. The average Bonchev–Trinajstić information content (AvgIpc) is 2.76. The molecule has 0 aromatic heterocycles. The molecule has 7 heteroatoms. The topological polar surface area (TPSA) is 82.1 Å². The number of carbonyl (C=O) groups excluding carboxylic acids is 3. The molecule has 2 aliphatic heterocycles. The van der Waals surface area contributed by atoms with E-state index >= 15 is 0 Å². The highest BCUT2D eigenvalue weighted by atomic mass is 16.2. The predicted molar refractivity (Wildman–Crippen MR) is 119 cm³/mol. The number of aryl methyl sites for hydroxylation is 1. The van der Waals surface area contributed by atoms with Gasteiger partial charge in [0.1, 0.15) is 0 Å². The van der Waals surface area contributed by atoms with Crippen LogP contribution in [0.4, 0.5) is 10.5 Å².